The van der Waals surface area contributed by atoms with Gasteiger partial charge in [0.2, 0.25) is 5.91 Å². The van der Waals surface area contributed by atoms with Gasteiger partial charge in [0.25, 0.3) is 0 Å². The molecule has 3 aromatic rings. The zero-order valence-electron chi connectivity index (χ0n) is 12.7. The van der Waals surface area contributed by atoms with E-state index in [0.717, 1.165) is 38.9 Å². The number of aryl methyl sites for hydroxylation is 1. The lowest BCUT2D eigenvalue weighted by Gasteiger charge is -2.16. The SMILES string of the molecule is O=C1CCCN1CCCn1c2ccccc2c2ccccc21. The molecule has 0 bridgehead atoms. The van der Waals surface area contributed by atoms with Crippen molar-refractivity contribution >= 4 is 27.7 Å². The van der Waals surface area contributed by atoms with E-state index in [1.54, 1.807) is 0 Å². The smallest absolute Gasteiger partial charge is 0.222 e. The number of aromatic nitrogens is 1. The summed E-state index contributed by atoms with van der Waals surface area (Å²) in [4.78, 5) is 13.7. The Morgan fingerprint density at radius 1 is 0.864 bits per heavy atom. The summed E-state index contributed by atoms with van der Waals surface area (Å²) in [5.41, 5.74) is 2.58. The largest absolute Gasteiger partial charge is 0.343 e. The lowest BCUT2D eigenvalue weighted by atomic mass is 10.2. The van der Waals surface area contributed by atoms with Crippen LogP contribution in [0.3, 0.4) is 0 Å². The molecule has 1 saturated heterocycles. The molecule has 1 aromatic heterocycles. The number of amides is 1. The molecule has 1 aliphatic rings. The quantitative estimate of drug-likeness (QED) is 0.718. The highest BCUT2D eigenvalue weighted by atomic mass is 16.2. The summed E-state index contributed by atoms with van der Waals surface area (Å²) in [6, 6.07) is 17.2. The molecule has 112 valence electrons. The molecule has 1 amide bonds. The van der Waals surface area contributed by atoms with Crippen molar-refractivity contribution in [3.63, 3.8) is 0 Å². The van der Waals surface area contributed by atoms with E-state index in [-0.39, 0.29) is 0 Å². The Labute approximate surface area is 130 Å². The van der Waals surface area contributed by atoms with Crippen LogP contribution < -0.4 is 0 Å². The number of benzene rings is 2. The van der Waals surface area contributed by atoms with Crippen LogP contribution in [0, 0.1) is 0 Å². The number of likely N-dealkylation sites (tertiary alicyclic amines) is 1. The zero-order chi connectivity index (χ0) is 14.9. The number of rotatable bonds is 4. The van der Waals surface area contributed by atoms with E-state index in [1.165, 1.54) is 21.8 Å². The van der Waals surface area contributed by atoms with Gasteiger partial charge in [-0.1, -0.05) is 36.4 Å². The standard InChI is InChI=1S/C19H20N2O/c22-19-11-5-12-20(19)13-6-14-21-17-9-3-1-7-15(17)16-8-2-4-10-18(16)21/h1-4,7-10H,5-6,11-14H2. The molecule has 2 heterocycles. The van der Waals surface area contributed by atoms with E-state index in [4.69, 9.17) is 0 Å². The summed E-state index contributed by atoms with van der Waals surface area (Å²) in [5.74, 6) is 0.322. The first kappa shape index (κ1) is 13.4. The molecule has 3 nitrogen and oxygen atoms in total. The third-order valence-electron chi connectivity index (χ3n) is 4.66. The van der Waals surface area contributed by atoms with Crippen molar-refractivity contribution in [3.05, 3.63) is 48.5 Å². The molecule has 0 radical (unpaired) electrons. The van der Waals surface area contributed by atoms with E-state index in [1.807, 2.05) is 4.90 Å². The van der Waals surface area contributed by atoms with Crippen LogP contribution in [-0.4, -0.2) is 28.5 Å². The van der Waals surface area contributed by atoms with Gasteiger partial charge in [0.15, 0.2) is 0 Å². The Kier molecular flexibility index (Phi) is 3.34. The average molecular weight is 292 g/mol. The molecular weight excluding hydrogens is 272 g/mol. The van der Waals surface area contributed by atoms with Crippen LogP contribution in [0.15, 0.2) is 48.5 Å². The maximum absolute atomic E-state index is 11.7. The van der Waals surface area contributed by atoms with Gasteiger partial charge in [-0.25, -0.2) is 0 Å². The third kappa shape index (κ3) is 2.17. The predicted octanol–water partition coefficient (Wildman–Crippen LogP) is 3.81. The van der Waals surface area contributed by atoms with Crippen molar-refractivity contribution in [3.8, 4) is 0 Å². The Morgan fingerprint density at radius 2 is 1.50 bits per heavy atom. The van der Waals surface area contributed by atoms with Crippen LogP contribution in [0.2, 0.25) is 0 Å². The second-order valence-corrected chi connectivity index (χ2v) is 6.02. The summed E-state index contributed by atoms with van der Waals surface area (Å²) < 4.78 is 2.39. The fourth-order valence-corrected chi connectivity index (χ4v) is 3.60. The van der Waals surface area contributed by atoms with Gasteiger partial charge < -0.3 is 9.47 Å². The summed E-state index contributed by atoms with van der Waals surface area (Å²) in [6.07, 6.45) is 2.76. The maximum Gasteiger partial charge on any atom is 0.222 e. The summed E-state index contributed by atoms with van der Waals surface area (Å²) in [5, 5.41) is 2.63. The molecule has 0 aliphatic carbocycles. The first-order valence-electron chi connectivity index (χ1n) is 8.08. The van der Waals surface area contributed by atoms with Crippen molar-refractivity contribution in [2.24, 2.45) is 0 Å². The third-order valence-corrected chi connectivity index (χ3v) is 4.66. The van der Waals surface area contributed by atoms with Crippen LogP contribution in [0.4, 0.5) is 0 Å². The molecule has 0 atom stereocenters. The van der Waals surface area contributed by atoms with Crippen molar-refractivity contribution in [2.75, 3.05) is 13.1 Å². The van der Waals surface area contributed by atoms with Crippen molar-refractivity contribution in [2.45, 2.75) is 25.8 Å². The monoisotopic (exact) mass is 292 g/mol. The molecule has 1 aliphatic heterocycles. The topological polar surface area (TPSA) is 25.2 Å². The average Bonchev–Trinajstić information content (AvgIpc) is 3.10. The van der Waals surface area contributed by atoms with Crippen LogP contribution in [-0.2, 0) is 11.3 Å². The number of nitrogens with zero attached hydrogens (tertiary/aromatic N) is 2. The summed E-state index contributed by atoms with van der Waals surface area (Å²) in [7, 11) is 0. The first-order valence-corrected chi connectivity index (χ1v) is 8.08. The van der Waals surface area contributed by atoms with Gasteiger partial charge in [0.05, 0.1) is 0 Å². The minimum absolute atomic E-state index is 0.322. The lowest BCUT2D eigenvalue weighted by molar-refractivity contribution is -0.127. The zero-order valence-corrected chi connectivity index (χ0v) is 12.7. The number of fused-ring (bicyclic) bond motifs is 3. The van der Waals surface area contributed by atoms with E-state index in [0.29, 0.717) is 5.91 Å². The second-order valence-electron chi connectivity index (χ2n) is 6.02. The lowest BCUT2D eigenvalue weighted by Crippen LogP contribution is -2.26. The molecule has 0 saturated carbocycles. The van der Waals surface area contributed by atoms with Crippen molar-refractivity contribution < 1.29 is 4.79 Å². The fraction of sp³-hybridized carbons (Fsp3) is 0.316. The number of hydrogen-bond acceptors (Lipinski definition) is 1. The molecule has 2 aromatic carbocycles. The highest BCUT2D eigenvalue weighted by Crippen LogP contribution is 2.28. The van der Waals surface area contributed by atoms with Crippen LogP contribution in [0.25, 0.3) is 21.8 Å². The highest BCUT2D eigenvalue weighted by Gasteiger charge is 2.19. The van der Waals surface area contributed by atoms with Crippen molar-refractivity contribution in [1.82, 2.24) is 9.47 Å². The van der Waals surface area contributed by atoms with Gasteiger partial charge in [-0.15, -0.1) is 0 Å². The molecule has 3 heteroatoms. The summed E-state index contributed by atoms with van der Waals surface area (Å²) >= 11 is 0. The molecule has 1 fully saturated rings. The Morgan fingerprint density at radius 3 is 2.09 bits per heavy atom. The minimum Gasteiger partial charge on any atom is -0.343 e. The number of para-hydroxylation sites is 2. The number of carbonyl (C=O) groups excluding carboxylic acids is 1. The van der Waals surface area contributed by atoms with Gasteiger partial charge in [0, 0.05) is 47.9 Å². The van der Waals surface area contributed by atoms with E-state index < -0.39 is 0 Å². The predicted molar refractivity (Wildman–Crippen MR) is 89.9 cm³/mol. The molecule has 0 N–H and O–H groups in total. The molecule has 4 rings (SSSR count). The molecule has 22 heavy (non-hydrogen) atoms. The van der Waals surface area contributed by atoms with Crippen LogP contribution >= 0.6 is 0 Å². The molecule has 0 unspecified atom stereocenters. The number of carbonyl (C=O) groups is 1. The normalized spacial score (nSPS) is 15.3. The van der Waals surface area contributed by atoms with E-state index >= 15 is 0 Å². The van der Waals surface area contributed by atoms with Crippen LogP contribution in [0.1, 0.15) is 19.3 Å². The van der Waals surface area contributed by atoms with Crippen LogP contribution in [0.5, 0.6) is 0 Å². The van der Waals surface area contributed by atoms with Gasteiger partial charge in [-0.2, -0.15) is 0 Å². The Hall–Kier alpha value is -2.29. The van der Waals surface area contributed by atoms with Gasteiger partial charge >= 0.3 is 0 Å². The van der Waals surface area contributed by atoms with E-state index in [9.17, 15) is 4.79 Å². The van der Waals surface area contributed by atoms with Crippen molar-refractivity contribution in [1.29, 1.82) is 0 Å². The molecular formula is C19H20N2O. The summed E-state index contributed by atoms with van der Waals surface area (Å²) in [6.45, 7) is 2.77. The van der Waals surface area contributed by atoms with Gasteiger partial charge in [0.1, 0.15) is 0 Å². The minimum atomic E-state index is 0.322. The highest BCUT2D eigenvalue weighted by molar-refractivity contribution is 6.07. The van der Waals surface area contributed by atoms with Gasteiger partial charge in [-0.3, -0.25) is 4.79 Å². The fourth-order valence-electron chi connectivity index (χ4n) is 3.60. The maximum atomic E-state index is 11.7. The second kappa shape index (κ2) is 5.48. The van der Waals surface area contributed by atoms with Gasteiger partial charge in [-0.05, 0) is 25.0 Å². The Balaban J connectivity index is 1.63. The Bertz CT molecular complexity index is 780. The molecule has 0 spiro atoms. The van der Waals surface area contributed by atoms with E-state index in [2.05, 4.69) is 53.1 Å². The first-order chi connectivity index (χ1) is 10.8. The number of hydrogen-bond donors (Lipinski definition) is 0.